The molecule has 14 heavy (non-hydrogen) atoms. The first kappa shape index (κ1) is 11.5. The van der Waals surface area contributed by atoms with Crippen LogP contribution in [0, 0.1) is 5.92 Å². The number of hydrogen-bond acceptors (Lipinski definition) is 3. The van der Waals surface area contributed by atoms with Crippen molar-refractivity contribution in [2.75, 3.05) is 6.61 Å². The monoisotopic (exact) mass is 200 g/mol. The maximum absolute atomic E-state index is 11.0. The summed E-state index contributed by atoms with van der Waals surface area (Å²) in [7, 11) is 0. The molecule has 4 heteroatoms. The van der Waals surface area contributed by atoms with Gasteiger partial charge in [-0.05, 0) is 25.7 Å². The third-order valence-electron chi connectivity index (χ3n) is 2.82. The summed E-state index contributed by atoms with van der Waals surface area (Å²) in [4.78, 5) is 11.0. The van der Waals surface area contributed by atoms with Crippen LogP contribution in [-0.2, 0) is 9.53 Å². The topological polar surface area (TPSA) is 64.3 Å². The lowest BCUT2D eigenvalue weighted by Gasteiger charge is -2.22. The fourth-order valence-electron chi connectivity index (χ4n) is 1.83. The van der Waals surface area contributed by atoms with Crippen LogP contribution < -0.4 is 11.3 Å². The second-order valence-corrected chi connectivity index (χ2v) is 3.99. The Morgan fingerprint density at radius 2 is 2.14 bits per heavy atom. The highest BCUT2D eigenvalue weighted by molar-refractivity contribution is 5.79. The van der Waals surface area contributed by atoms with E-state index in [1.54, 1.807) is 6.92 Å². The molecular formula is C10H20N2O2. The van der Waals surface area contributed by atoms with Crippen molar-refractivity contribution in [2.24, 2.45) is 11.8 Å². The molecule has 1 aliphatic carbocycles. The van der Waals surface area contributed by atoms with Crippen LogP contribution in [0.3, 0.4) is 0 Å². The van der Waals surface area contributed by atoms with Gasteiger partial charge in [-0.3, -0.25) is 10.2 Å². The lowest BCUT2D eigenvalue weighted by atomic mass is 9.90. The van der Waals surface area contributed by atoms with Gasteiger partial charge in [0.2, 0.25) is 0 Å². The lowest BCUT2D eigenvalue weighted by molar-refractivity contribution is -0.132. The van der Waals surface area contributed by atoms with Crippen molar-refractivity contribution in [1.29, 1.82) is 0 Å². The van der Waals surface area contributed by atoms with Crippen molar-refractivity contribution in [3.63, 3.8) is 0 Å². The normalized spacial score (nSPS) is 20.4. The van der Waals surface area contributed by atoms with Gasteiger partial charge in [0.1, 0.15) is 6.10 Å². The predicted octanol–water partition coefficient (Wildman–Crippen LogP) is 0.962. The summed E-state index contributed by atoms with van der Waals surface area (Å²) in [6.07, 6.45) is 5.97. The van der Waals surface area contributed by atoms with Gasteiger partial charge < -0.3 is 4.74 Å². The Kier molecular flexibility index (Phi) is 4.90. The third kappa shape index (κ3) is 3.64. The van der Waals surface area contributed by atoms with E-state index in [9.17, 15) is 4.79 Å². The fraction of sp³-hybridized carbons (Fsp3) is 0.900. The quantitative estimate of drug-likeness (QED) is 0.403. The van der Waals surface area contributed by atoms with E-state index in [1.807, 2.05) is 0 Å². The van der Waals surface area contributed by atoms with E-state index in [1.165, 1.54) is 32.1 Å². The number of nitrogens with two attached hydrogens (primary N) is 1. The number of nitrogens with one attached hydrogen (secondary N) is 1. The molecule has 1 aliphatic rings. The Balaban J connectivity index is 2.15. The minimum absolute atomic E-state index is 0.249. The maximum atomic E-state index is 11.0. The molecule has 1 amide bonds. The van der Waals surface area contributed by atoms with E-state index < -0.39 is 6.10 Å². The minimum atomic E-state index is -0.429. The van der Waals surface area contributed by atoms with E-state index >= 15 is 0 Å². The highest BCUT2D eigenvalue weighted by Crippen LogP contribution is 2.23. The largest absolute Gasteiger partial charge is 0.368 e. The number of amides is 1. The van der Waals surface area contributed by atoms with E-state index in [0.29, 0.717) is 12.5 Å². The third-order valence-corrected chi connectivity index (χ3v) is 2.82. The molecule has 0 aromatic carbocycles. The zero-order valence-corrected chi connectivity index (χ0v) is 8.79. The van der Waals surface area contributed by atoms with Crippen molar-refractivity contribution < 1.29 is 9.53 Å². The van der Waals surface area contributed by atoms with E-state index in [-0.39, 0.29) is 5.91 Å². The zero-order chi connectivity index (χ0) is 10.4. The SMILES string of the molecule is CC(OCC1CCCCC1)C(=O)NN. The number of carbonyl (C=O) groups is 1. The number of rotatable bonds is 4. The van der Waals surface area contributed by atoms with Crippen LogP contribution in [-0.4, -0.2) is 18.6 Å². The van der Waals surface area contributed by atoms with Gasteiger partial charge >= 0.3 is 0 Å². The van der Waals surface area contributed by atoms with Crippen molar-refractivity contribution in [3.05, 3.63) is 0 Å². The molecular weight excluding hydrogens is 180 g/mol. The summed E-state index contributed by atoms with van der Waals surface area (Å²) in [6.45, 7) is 2.42. The van der Waals surface area contributed by atoms with Gasteiger partial charge in [0.15, 0.2) is 0 Å². The molecule has 0 spiro atoms. The molecule has 0 aromatic heterocycles. The molecule has 0 radical (unpaired) electrons. The van der Waals surface area contributed by atoms with Crippen molar-refractivity contribution in [1.82, 2.24) is 5.43 Å². The highest BCUT2D eigenvalue weighted by Gasteiger charge is 2.17. The number of hydrogen-bond donors (Lipinski definition) is 2. The molecule has 1 rings (SSSR count). The summed E-state index contributed by atoms with van der Waals surface area (Å²) in [5, 5.41) is 0. The summed E-state index contributed by atoms with van der Waals surface area (Å²) in [5.74, 6) is 5.39. The average Bonchev–Trinajstić information content (AvgIpc) is 2.26. The molecule has 1 unspecified atom stereocenters. The maximum Gasteiger partial charge on any atom is 0.262 e. The van der Waals surface area contributed by atoms with Crippen LogP contribution in [0.1, 0.15) is 39.0 Å². The van der Waals surface area contributed by atoms with Crippen molar-refractivity contribution in [2.45, 2.75) is 45.1 Å². The van der Waals surface area contributed by atoms with Crippen LogP contribution >= 0.6 is 0 Å². The van der Waals surface area contributed by atoms with Crippen LogP contribution in [0.25, 0.3) is 0 Å². The predicted molar refractivity (Wildman–Crippen MR) is 54.3 cm³/mol. The van der Waals surface area contributed by atoms with E-state index in [4.69, 9.17) is 10.6 Å². The molecule has 1 saturated carbocycles. The standard InChI is InChI=1S/C10H20N2O2/c1-8(10(13)12-11)14-7-9-5-3-2-4-6-9/h8-9H,2-7,11H2,1H3,(H,12,13). The van der Waals surface area contributed by atoms with Gasteiger partial charge in [-0.2, -0.15) is 0 Å². The molecule has 0 heterocycles. The second-order valence-electron chi connectivity index (χ2n) is 3.99. The van der Waals surface area contributed by atoms with Gasteiger partial charge in [0, 0.05) is 0 Å². The Labute approximate surface area is 85.2 Å². The van der Waals surface area contributed by atoms with Gasteiger partial charge in [-0.25, -0.2) is 5.84 Å². The van der Waals surface area contributed by atoms with E-state index in [2.05, 4.69) is 5.43 Å². The molecule has 82 valence electrons. The molecule has 0 aliphatic heterocycles. The highest BCUT2D eigenvalue weighted by atomic mass is 16.5. The fourth-order valence-corrected chi connectivity index (χ4v) is 1.83. The van der Waals surface area contributed by atoms with Crippen LogP contribution in [0.15, 0.2) is 0 Å². The lowest BCUT2D eigenvalue weighted by Crippen LogP contribution is -2.39. The molecule has 0 aromatic rings. The van der Waals surface area contributed by atoms with Gasteiger partial charge in [-0.15, -0.1) is 0 Å². The Hall–Kier alpha value is -0.610. The molecule has 0 saturated heterocycles. The number of hydrazine groups is 1. The summed E-state index contributed by atoms with van der Waals surface area (Å²) >= 11 is 0. The molecule has 3 N–H and O–H groups in total. The van der Waals surface area contributed by atoms with Crippen LogP contribution in [0.4, 0.5) is 0 Å². The molecule has 0 bridgehead atoms. The van der Waals surface area contributed by atoms with E-state index in [0.717, 1.165) is 0 Å². The van der Waals surface area contributed by atoms with Gasteiger partial charge in [0.25, 0.3) is 5.91 Å². The molecule has 1 atom stereocenters. The first-order chi connectivity index (χ1) is 6.74. The number of carbonyl (C=O) groups excluding carboxylic acids is 1. The number of ether oxygens (including phenoxy) is 1. The first-order valence-electron chi connectivity index (χ1n) is 5.36. The molecule has 4 nitrogen and oxygen atoms in total. The van der Waals surface area contributed by atoms with Gasteiger partial charge in [0.05, 0.1) is 6.61 Å². The van der Waals surface area contributed by atoms with Crippen LogP contribution in [0.5, 0.6) is 0 Å². The van der Waals surface area contributed by atoms with Crippen molar-refractivity contribution in [3.8, 4) is 0 Å². The minimum Gasteiger partial charge on any atom is -0.368 e. The zero-order valence-electron chi connectivity index (χ0n) is 8.79. The van der Waals surface area contributed by atoms with Gasteiger partial charge in [-0.1, -0.05) is 19.3 Å². The summed E-state index contributed by atoms with van der Waals surface area (Å²) in [6, 6.07) is 0. The summed E-state index contributed by atoms with van der Waals surface area (Å²) in [5.41, 5.74) is 2.09. The Morgan fingerprint density at radius 3 is 2.71 bits per heavy atom. The average molecular weight is 200 g/mol. The first-order valence-corrected chi connectivity index (χ1v) is 5.36. The Bertz CT molecular complexity index is 179. The smallest absolute Gasteiger partial charge is 0.262 e. The Morgan fingerprint density at radius 1 is 1.50 bits per heavy atom. The van der Waals surface area contributed by atoms with Crippen LogP contribution in [0.2, 0.25) is 0 Å². The summed E-state index contributed by atoms with van der Waals surface area (Å²) < 4.78 is 5.44. The van der Waals surface area contributed by atoms with Crippen molar-refractivity contribution >= 4 is 5.91 Å². The second kappa shape index (κ2) is 5.98. The molecule has 1 fully saturated rings.